The van der Waals surface area contributed by atoms with E-state index in [-0.39, 0.29) is 36.2 Å². The molecule has 10 heteroatoms. The minimum Gasteiger partial charge on any atom is -0.481 e. The Bertz CT molecular complexity index is 1740. The van der Waals surface area contributed by atoms with Crippen LogP contribution in [0.2, 0.25) is 0 Å². The first-order valence-electron chi connectivity index (χ1n) is 13.7. The van der Waals surface area contributed by atoms with Gasteiger partial charge >= 0.3 is 5.97 Å². The molecule has 0 aromatic heterocycles. The maximum absolute atomic E-state index is 13.9. The van der Waals surface area contributed by atoms with Crippen LogP contribution in [0.15, 0.2) is 102 Å². The Labute approximate surface area is 251 Å². The highest BCUT2D eigenvalue weighted by Crippen LogP contribution is 2.28. The van der Waals surface area contributed by atoms with E-state index in [9.17, 15) is 27.9 Å². The number of aryl methyl sites for hydroxylation is 1. The van der Waals surface area contributed by atoms with Gasteiger partial charge in [-0.25, -0.2) is 13.6 Å². The third-order valence-electron chi connectivity index (χ3n) is 7.13. The summed E-state index contributed by atoms with van der Waals surface area (Å²) in [7, 11) is -3.84. The summed E-state index contributed by atoms with van der Waals surface area (Å²) in [6.07, 6.45) is 0.104. The van der Waals surface area contributed by atoms with E-state index in [1.54, 1.807) is 60.7 Å². The van der Waals surface area contributed by atoms with Crippen LogP contribution in [0, 0.1) is 6.92 Å². The number of hydrogen-bond acceptors (Lipinski definition) is 5. The molecule has 0 saturated carbocycles. The Hall–Kier alpha value is -4.80. The molecule has 4 N–H and O–H groups in total. The highest BCUT2D eigenvalue weighted by Gasteiger charge is 2.23. The Morgan fingerprint density at radius 2 is 1.37 bits per heavy atom. The van der Waals surface area contributed by atoms with E-state index in [0.717, 1.165) is 16.7 Å². The molecule has 9 nitrogen and oxygen atoms in total. The van der Waals surface area contributed by atoms with E-state index in [2.05, 4.69) is 5.32 Å². The summed E-state index contributed by atoms with van der Waals surface area (Å²) in [6.45, 7) is 2.48. The fourth-order valence-electron chi connectivity index (χ4n) is 4.73. The number of carbonyl (C=O) groups is 3. The van der Waals surface area contributed by atoms with Crippen LogP contribution in [0.25, 0.3) is 11.1 Å². The van der Waals surface area contributed by atoms with Gasteiger partial charge in [0.25, 0.3) is 11.8 Å². The first-order valence-corrected chi connectivity index (χ1v) is 15.2. The van der Waals surface area contributed by atoms with E-state index in [1.807, 2.05) is 31.2 Å². The molecule has 0 radical (unpaired) electrons. The summed E-state index contributed by atoms with van der Waals surface area (Å²) < 4.78 is 23.2. The van der Waals surface area contributed by atoms with E-state index >= 15 is 0 Å². The molecule has 0 atom stereocenters. The number of amides is 2. The summed E-state index contributed by atoms with van der Waals surface area (Å²) in [5.41, 5.74) is 4.67. The van der Waals surface area contributed by atoms with Crippen LogP contribution in [0.5, 0.6) is 0 Å². The average molecular weight is 600 g/mol. The third-order valence-corrected chi connectivity index (χ3v) is 8.05. The van der Waals surface area contributed by atoms with E-state index in [4.69, 9.17) is 5.14 Å². The monoisotopic (exact) mass is 599 g/mol. The van der Waals surface area contributed by atoms with Crippen molar-refractivity contribution in [2.24, 2.45) is 5.14 Å². The summed E-state index contributed by atoms with van der Waals surface area (Å²) >= 11 is 0. The summed E-state index contributed by atoms with van der Waals surface area (Å²) in [6, 6.07) is 27.8. The largest absolute Gasteiger partial charge is 0.481 e. The number of nitrogens with zero attached hydrogens (tertiary/aromatic N) is 1. The van der Waals surface area contributed by atoms with Gasteiger partial charge in [0, 0.05) is 30.8 Å². The van der Waals surface area contributed by atoms with Gasteiger partial charge in [0.1, 0.15) is 0 Å². The zero-order valence-electron chi connectivity index (χ0n) is 23.7. The van der Waals surface area contributed by atoms with Gasteiger partial charge in [-0.05, 0) is 65.4 Å². The minimum absolute atomic E-state index is 0.0226. The van der Waals surface area contributed by atoms with Crippen molar-refractivity contribution in [2.75, 3.05) is 13.1 Å². The molecule has 222 valence electrons. The SMILES string of the molecule is Cc1ccccc1CNC(=O)c1ccccc1-c1ccccc1C(=O)N(CCC(=O)O)CCc1ccc(S(N)(=O)=O)cc1. The van der Waals surface area contributed by atoms with Crippen molar-refractivity contribution < 1.29 is 27.9 Å². The first kappa shape index (κ1) is 31.1. The fourth-order valence-corrected chi connectivity index (χ4v) is 5.24. The predicted octanol–water partition coefficient (Wildman–Crippen LogP) is 4.40. The van der Waals surface area contributed by atoms with Gasteiger partial charge in [0.15, 0.2) is 0 Å². The van der Waals surface area contributed by atoms with Crippen molar-refractivity contribution in [2.45, 2.75) is 31.2 Å². The molecule has 4 rings (SSSR count). The molecule has 0 bridgehead atoms. The number of rotatable bonds is 12. The van der Waals surface area contributed by atoms with Crippen LogP contribution >= 0.6 is 0 Å². The molecule has 4 aromatic rings. The number of carbonyl (C=O) groups excluding carboxylic acids is 2. The van der Waals surface area contributed by atoms with Crippen LogP contribution < -0.4 is 10.5 Å². The normalized spacial score (nSPS) is 11.1. The van der Waals surface area contributed by atoms with E-state index in [0.29, 0.717) is 35.2 Å². The van der Waals surface area contributed by atoms with Gasteiger partial charge in [-0.15, -0.1) is 0 Å². The number of nitrogens with two attached hydrogens (primary N) is 1. The van der Waals surface area contributed by atoms with E-state index < -0.39 is 16.0 Å². The molecule has 0 fully saturated rings. The van der Waals surface area contributed by atoms with Gasteiger partial charge in [0.2, 0.25) is 10.0 Å². The Morgan fingerprint density at radius 1 is 0.791 bits per heavy atom. The lowest BCUT2D eigenvalue weighted by atomic mass is 9.94. The molecule has 0 spiro atoms. The number of benzene rings is 4. The number of hydrogen-bond donors (Lipinski definition) is 3. The number of nitrogens with one attached hydrogen (secondary N) is 1. The first-order chi connectivity index (χ1) is 20.5. The zero-order chi connectivity index (χ0) is 31.0. The van der Waals surface area contributed by atoms with Crippen molar-refractivity contribution in [3.8, 4) is 11.1 Å². The fraction of sp³-hybridized carbons (Fsp3) is 0.182. The molecule has 0 saturated heterocycles. The van der Waals surface area contributed by atoms with Crippen molar-refractivity contribution in [1.29, 1.82) is 0 Å². The Kier molecular flexibility index (Phi) is 10.1. The van der Waals surface area contributed by atoms with Crippen molar-refractivity contribution >= 4 is 27.8 Å². The lowest BCUT2D eigenvalue weighted by Crippen LogP contribution is -2.35. The molecule has 2 amide bonds. The summed E-state index contributed by atoms with van der Waals surface area (Å²) in [5, 5.41) is 17.5. The van der Waals surface area contributed by atoms with Crippen LogP contribution in [-0.4, -0.2) is 49.3 Å². The van der Waals surface area contributed by atoms with Gasteiger partial charge in [0.05, 0.1) is 11.3 Å². The lowest BCUT2D eigenvalue weighted by Gasteiger charge is -2.24. The van der Waals surface area contributed by atoms with E-state index in [1.165, 1.54) is 17.0 Å². The topological polar surface area (TPSA) is 147 Å². The highest BCUT2D eigenvalue weighted by molar-refractivity contribution is 7.89. The Morgan fingerprint density at radius 3 is 2.00 bits per heavy atom. The molecule has 4 aromatic carbocycles. The van der Waals surface area contributed by atoms with Crippen LogP contribution in [0.4, 0.5) is 0 Å². The highest BCUT2D eigenvalue weighted by atomic mass is 32.2. The van der Waals surface area contributed by atoms with Crippen molar-refractivity contribution in [1.82, 2.24) is 10.2 Å². The maximum atomic E-state index is 13.9. The molecule has 0 heterocycles. The van der Waals surface area contributed by atoms with Crippen LogP contribution in [0.1, 0.15) is 43.8 Å². The Balaban J connectivity index is 1.60. The smallest absolute Gasteiger partial charge is 0.305 e. The quantitative estimate of drug-likeness (QED) is 0.220. The van der Waals surface area contributed by atoms with Gasteiger partial charge in [-0.3, -0.25) is 14.4 Å². The van der Waals surface area contributed by atoms with Crippen molar-refractivity contribution in [3.05, 3.63) is 125 Å². The van der Waals surface area contributed by atoms with Crippen LogP contribution in [-0.2, 0) is 27.8 Å². The number of sulfonamides is 1. The summed E-state index contributed by atoms with van der Waals surface area (Å²) in [4.78, 5) is 40.1. The molecule has 43 heavy (non-hydrogen) atoms. The second-order valence-electron chi connectivity index (χ2n) is 10.1. The average Bonchev–Trinajstić information content (AvgIpc) is 3.00. The number of primary sulfonamides is 1. The maximum Gasteiger partial charge on any atom is 0.305 e. The van der Waals surface area contributed by atoms with Crippen LogP contribution in [0.3, 0.4) is 0 Å². The minimum atomic E-state index is -3.84. The molecule has 0 aliphatic carbocycles. The van der Waals surface area contributed by atoms with Gasteiger partial charge < -0.3 is 15.3 Å². The second kappa shape index (κ2) is 13.9. The van der Waals surface area contributed by atoms with Gasteiger partial charge in [-0.2, -0.15) is 0 Å². The zero-order valence-corrected chi connectivity index (χ0v) is 24.5. The van der Waals surface area contributed by atoms with Gasteiger partial charge in [-0.1, -0.05) is 72.8 Å². The summed E-state index contributed by atoms with van der Waals surface area (Å²) in [5.74, 6) is -1.71. The lowest BCUT2D eigenvalue weighted by molar-refractivity contribution is -0.137. The van der Waals surface area contributed by atoms with Crippen molar-refractivity contribution in [3.63, 3.8) is 0 Å². The number of aliphatic carboxylic acids is 1. The standard InChI is InChI=1S/C33H33N3O6S/c1-23-8-2-3-9-25(23)22-35-32(39)29-12-6-4-10-27(29)28-11-5-7-13-30(28)33(40)36(21-19-31(37)38)20-18-24-14-16-26(17-15-24)43(34,41)42/h2-17H,18-22H2,1H3,(H,35,39)(H,37,38)(H2,34,41,42). The molecule has 0 aliphatic rings. The molecule has 0 unspecified atom stereocenters. The molecular weight excluding hydrogens is 566 g/mol. The molecular formula is C33H33N3O6S. The predicted molar refractivity (Wildman–Crippen MR) is 164 cm³/mol. The molecule has 0 aliphatic heterocycles. The number of carboxylic acids is 1. The number of carboxylic acid groups (broad SMARTS) is 1. The second-order valence-corrected chi connectivity index (χ2v) is 11.6. The third kappa shape index (κ3) is 8.15.